The molecule has 1 aliphatic rings. The Morgan fingerprint density at radius 3 is 2.69 bits per heavy atom. The van der Waals surface area contributed by atoms with Crippen molar-refractivity contribution in [2.75, 3.05) is 18.5 Å². The van der Waals surface area contributed by atoms with Crippen molar-refractivity contribution in [3.05, 3.63) is 51.1 Å². The summed E-state index contributed by atoms with van der Waals surface area (Å²) in [5, 5.41) is 11.9. The first-order valence-electron chi connectivity index (χ1n) is 8.74. The molecule has 7 nitrogen and oxygen atoms in total. The zero-order valence-electron chi connectivity index (χ0n) is 15.1. The van der Waals surface area contributed by atoms with Crippen molar-refractivity contribution < 1.29 is 28.2 Å². The molecule has 0 spiro atoms. The van der Waals surface area contributed by atoms with Crippen molar-refractivity contribution in [3.8, 4) is 5.75 Å². The van der Waals surface area contributed by atoms with Crippen molar-refractivity contribution in [3.63, 3.8) is 0 Å². The number of likely N-dealkylation sites (tertiary alicyclic amines) is 1. The van der Waals surface area contributed by atoms with Gasteiger partial charge in [0.15, 0.2) is 0 Å². The zero-order chi connectivity index (χ0) is 21.1. The van der Waals surface area contributed by atoms with Crippen LogP contribution in [-0.4, -0.2) is 41.2 Å². The maximum atomic E-state index is 14.2. The van der Waals surface area contributed by atoms with Gasteiger partial charge in [0.2, 0.25) is 0 Å². The summed E-state index contributed by atoms with van der Waals surface area (Å²) in [6.07, 6.45) is 0.208. The van der Waals surface area contributed by atoms with Crippen LogP contribution in [-0.2, 0) is 0 Å². The summed E-state index contributed by atoms with van der Waals surface area (Å²) in [7, 11) is 0. The number of rotatable bonds is 6. The maximum absolute atomic E-state index is 14.2. The molecule has 10 heteroatoms. The Hall–Kier alpha value is -2.63. The summed E-state index contributed by atoms with van der Waals surface area (Å²) >= 11 is 1.95. The predicted molar refractivity (Wildman–Crippen MR) is 111 cm³/mol. The molecule has 2 aromatic rings. The van der Waals surface area contributed by atoms with Crippen LogP contribution in [0.4, 0.5) is 25.0 Å². The molecule has 3 rings (SSSR count). The SMILES string of the molecule is NC(=O)c1c(Nc2ccc(I)cc2F)cc(F)cc1OC[C@@H]1CCCN1C(=O)O. The van der Waals surface area contributed by atoms with Crippen molar-refractivity contribution in [1.82, 2.24) is 4.90 Å². The van der Waals surface area contributed by atoms with E-state index in [2.05, 4.69) is 5.32 Å². The lowest BCUT2D eigenvalue weighted by Crippen LogP contribution is -2.38. The third-order valence-electron chi connectivity index (χ3n) is 4.57. The average Bonchev–Trinajstić information content (AvgIpc) is 3.10. The van der Waals surface area contributed by atoms with Gasteiger partial charge in [-0.25, -0.2) is 13.6 Å². The highest BCUT2D eigenvalue weighted by Gasteiger charge is 2.29. The van der Waals surface area contributed by atoms with Crippen LogP contribution >= 0.6 is 22.6 Å². The van der Waals surface area contributed by atoms with E-state index >= 15 is 0 Å². The number of benzene rings is 2. The van der Waals surface area contributed by atoms with Crippen LogP contribution < -0.4 is 15.8 Å². The lowest BCUT2D eigenvalue weighted by atomic mass is 10.1. The van der Waals surface area contributed by atoms with Gasteiger partial charge in [-0.15, -0.1) is 0 Å². The molecule has 1 saturated heterocycles. The van der Waals surface area contributed by atoms with Gasteiger partial charge in [0, 0.05) is 16.2 Å². The van der Waals surface area contributed by atoms with Gasteiger partial charge in [-0.3, -0.25) is 4.79 Å². The number of amides is 2. The average molecular weight is 517 g/mol. The van der Waals surface area contributed by atoms with Crippen molar-refractivity contribution >= 4 is 46.0 Å². The second kappa shape index (κ2) is 8.80. The molecule has 0 saturated carbocycles. The number of carbonyl (C=O) groups is 2. The van der Waals surface area contributed by atoms with Crippen LogP contribution in [0.3, 0.4) is 0 Å². The Morgan fingerprint density at radius 2 is 2.03 bits per heavy atom. The van der Waals surface area contributed by atoms with E-state index in [9.17, 15) is 23.5 Å². The van der Waals surface area contributed by atoms with E-state index in [4.69, 9.17) is 10.5 Å². The Morgan fingerprint density at radius 1 is 1.28 bits per heavy atom. The molecule has 0 bridgehead atoms. The molecule has 1 fully saturated rings. The normalized spacial score (nSPS) is 16.0. The van der Waals surface area contributed by atoms with E-state index in [0.29, 0.717) is 23.0 Å². The molecule has 1 aliphatic heterocycles. The Kier molecular flexibility index (Phi) is 6.40. The fourth-order valence-corrected chi connectivity index (χ4v) is 3.68. The molecule has 2 aromatic carbocycles. The number of carbonyl (C=O) groups excluding carboxylic acids is 1. The fraction of sp³-hybridized carbons (Fsp3) is 0.263. The number of halogens is 3. The van der Waals surface area contributed by atoms with Gasteiger partial charge in [-0.2, -0.15) is 0 Å². The number of anilines is 2. The van der Waals surface area contributed by atoms with E-state index in [1.54, 1.807) is 6.07 Å². The molecule has 1 atom stereocenters. The molecule has 1 heterocycles. The van der Waals surface area contributed by atoms with Crippen LogP contribution in [0.1, 0.15) is 23.2 Å². The van der Waals surface area contributed by atoms with Gasteiger partial charge in [-0.05, 0) is 59.7 Å². The highest BCUT2D eigenvalue weighted by molar-refractivity contribution is 14.1. The van der Waals surface area contributed by atoms with Gasteiger partial charge < -0.3 is 25.8 Å². The first-order chi connectivity index (χ1) is 13.8. The lowest BCUT2D eigenvalue weighted by Gasteiger charge is -2.23. The van der Waals surface area contributed by atoms with Gasteiger partial charge >= 0.3 is 6.09 Å². The minimum Gasteiger partial charge on any atom is -0.490 e. The predicted octanol–water partition coefficient (Wildman–Crippen LogP) is 3.93. The minimum absolute atomic E-state index is 0.0392. The molecule has 2 amide bonds. The highest BCUT2D eigenvalue weighted by atomic mass is 127. The molecule has 0 aromatic heterocycles. The summed E-state index contributed by atoms with van der Waals surface area (Å²) in [6.45, 7) is 0.321. The summed E-state index contributed by atoms with van der Waals surface area (Å²) in [4.78, 5) is 24.5. The number of nitrogens with one attached hydrogen (secondary N) is 1. The lowest BCUT2D eigenvalue weighted by molar-refractivity contribution is 0.0990. The monoisotopic (exact) mass is 517 g/mol. The van der Waals surface area contributed by atoms with Crippen molar-refractivity contribution in [1.29, 1.82) is 0 Å². The molecule has 0 unspecified atom stereocenters. The molecule has 0 aliphatic carbocycles. The minimum atomic E-state index is -1.07. The van der Waals surface area contributed by atoms with Crippen LogP contribution in [0.25, 0.3) is 0 Å². The van der Waals surface area contributed by atoms with Crippen LogP contribution in [0.2, 0.25) is 0 Å². The molecule has 0 radical (unpaired) electrons. The molecule has 4 N–H and O–H groups in total. The quantitative estimate of drug-likeness (QED) is 0.504. The van der Waals surface area contributed by atoms with Gasteiger partial charge in [0.05, 0.1) is 17.4 Å². The number of carboxylic acid groups (broad SMARTS) is 1. The van der Waals surface area contributed by atoms with Gasteiger partial charge in [-0.1, -0.05) is 0 Å². The van der Waals surface area contributed by atoms with Crippen LogP contribution in [0.5, 0.6) is 5.75 Å². The first-order valence-corrected chi connectivity index (χ1v) is 9.82. The summed E-state index contributed by atoms with van der Waals surface area (Å²) in [5.41, 5.74) is 5.30. The van der Waals surface area contributed by atoms with Gasteiger partial charge in [0.1, 0.15) is 29.6 Å². The molecule has 154 valence electrons. The van der Waals surface area contributed by atoms with E-state index in [1.165, 1.54) is 17.0 Å². The second-order valence-electron chi connectivity index (χ2n) is 6.52. The summed E-state index contributed by atoms with van der Waals surface area (Å²) in [5.74, 6) is -2.33. The zero-order valence-corrected chi connectivity index (χ0v) is 17.3. The molecular formula is C19H18F2IN3O4. The topological polar surface area (TPSA) is 105 Å². The second-order valence-corrected chi connectivity index (χ2v) is 7.77. The largest absolute Gasteiger partial charge is 0.490 e. The maximum Gasteiger partial charge on any atom is 0.407 e. The van der Waals surface area contributed by atoms with Crippen LogP contribution in [0.15, 0.2) is 30.3 Å². The first kappa shape index (κ1) is 21.1. The van der Waals surface area contributed by atoms with Crippen molar-refractivity contribution in [2.45, 2.75) is 18.9 Å². The number of nitrogens with two attached hydrogens (primary N) is 1. The standard InChI is InChI=1S/C19H18F2IN3O4/c20-10-6-15(24-14-4-3-11(22)8-13(14)21)17(18(23)26)16(7-10)29-9-12-2-1-5-25(12)19(27)28/h3-4,6-8,12,24H,1-2,5,9H2,(H2,23,26)(H,27,28)/t12-/m0/s1. The van der Waals surface area contributed by atoms with E-state index < -0.39 is 29.7 Å². The molecular weight excluding hydrogens is 499 g/mol. The Labute approximate surface area is 179 Å². The fourth-order valence-electron chi connectivity index (χ4n) is 3.23. The number of hydrogen-bond donors (Lipinski definition) is 3. The number of hydrogen-bond acceptors (Lipinski definition) is 4. The number of primary amides is 1. The Balaban J connectivity index is 1.89. The number of nitrogens with zero attached hydrogens (tertiary/aromatic N) is 1. The smallest absolute Gasteiger partial charge is 0.407 e. The number of ether oxygens (including phenoxy) is 1. The summed E-state index contributed by atoms with van der Waals surface area (Å²) in [6, 6.07) is 5.98. The Bertz CT molecular complexity index is 957. The van der Waals surface area contributed by atoms with Gasteiger partial charge in [0.25, 0.3) is 5.91 Å². The van der Waals surface area contributed by atoms with Crippen molar-refractivity contribution in [2.24, 2.45) is 5.73 Å². The van der Waals surface area contributed by atoms with E-state index in [-0.39, 0.29) is 29.3 Å². The summed E-state index contributed by atoms with van der Waals surface area (Å²) < 4.78 is 34.6. The third kappa shape index (κ3) is 4.86. The third-order valence-corrected chi connectivity index (χ3v) is 5.24. The highest BCUT2D eigenvalue weighted by Crippen LogP contribution is 2.32. The van der Waals surface area contributed by atoms with Crippen LogP contribution in [0, 0.1) is 15.2 Å². The van der Waals surface area contributed by atoms with E-state index in [1.807, 2.05) is 22.6 Å². The van der Waals surface area contributed by atoms with E-state index in [0.717, 1.165) is 12.1 Å². The molecule has 29 heavy (non-hydrogen) atoms.